The summed E-state index contributed by atoms with van der Waals surface area (Å²) in [4.78, 5) is 4.18. The van der Waals surface area contributed by atoms with E-state index < -0.39 is 10.0 Å². The van der Waals surface area contributed by atoms with Crippen LogP contribution in [0.2, 0.25) is 0 Å². The van der Waals surface area contributed by atoms with Crippen molar-refractivity contribution < 1.29 is 8.42 Å². The summed E-state index contributed by atoms with van der Waals surface area (Å²) in [6.45, 7) is 2.69. The Morgan fingerprint density at radius 3 is 2.62 bits per heavy atom. The number of hydrogen-bond donors (Lipinski definition) is 3. The molecular weight excluding hydrogens is 288 g/mol. The zero-order valence-corrected chi connectivity index (χ0v) is 13.4. The van der Waals surface area contributed by atoms with E-state index in [1.807, 2.05) is 12.1 Å². The standard InChI is InChI=1S/C14H22N4O2S/c1-10-8-13(10)17-14(15-2)16-9-11-6-4-5-7-12(11)18-21(3,19)20/h4-7,10,13,18H,8-9H2,1-3H3,(H2,15,16,17). The van der Waals surface area contributed by atoms with Crippen LogP contribution >= 0.6 is 0 Å². The van der Waals surface area contributed by atoms with Gasteiger partial charge in [-0.15, -0.1) is 0 Å². The molecule has 1 aromatic carbocycles. The molecule has 0 radical (unpaired) electrons. The zero-order chi connectivity index (χ0) is 15.5. The highest BCUT2D eigenvalue weighted by Gasteiger charge is 2.33. The van der Waals surface area contributed by atoms with E-state index in [1.165, 1.54) is 0 Å². The molecule has 1 aliphatic rings. The van der Waals surface area contributed by atoms with Crippen molar-refractivity contribution in [1.29, 1.82) is 0 Å². The second kappa shape index (κ2) is 6.34. The first-order valence-corrected chi connectivity index (χ1v) is 8.81. The van der Waals surface area contributed by atoms with Gasteiger partial charge in [0.15, 0.2) is 5.96 Å². The minimum atomic E-state index is -3.28. The van der Waals surface area contributed by atoms with E-state index in [4.69, 9.17) is 0 Å². The molecule has 1 aliphatic carbocycles. The molecule has 7 heteroatoms. The van der Waals surface area contributed by atoms with Crippen LogP contribution in [0.15, 0.2) is 29.3 Å². The summed E-state index contributed by atoms with van der Waals surface area (Å²) in [6.07, 6.45) is 2.30. The molecule has 116 valence electrons. The molecule has 0 saturated heterocycles. The van der Waals surface area contributed by atoms with Gasteiger partial charge in [0.25, 0.3) is 0 Å². The molecule has 2 rings (SSSR count). The van der Waals surface area contributed by atoms with Crippen molar-refractivity contribution in [3.63, 3.8) is 0 Å². The summed E-state index contributed by atoms with van der Waals surface area (Å²) < 4.78 is 25.3. The van der Waals surface area contributed by atoms with Crippen LogP contribution in [-0.4, -0.2) is 33.7 Å². The van der Waals surface area contributed by atoms with E-state index in [1.54, 1.807) is 19.2 Å². The molecule has 0 aliphatic heterocycles. The number of hydrogen-bond acceptors (Lipinski definition) is 3. The van der Waals surface area contributed by atoms with Crippen molar-refractivity contribution in [2.24, 2.45) is 10.9 Å². The van der Waals surface area contributed by atoms with E-state index in [0.29, 0.717) is 24.2 Å². The summed E-state index contributed by atoms with van der Waals surface area (Å²) in [6, 6.07) is 7.80. The van der Waals surface area contributed by atoms with Crippen molar-refractivity contribution in [2.45, 2.75) is 25.9 Å². The third kappa shape index (κ3) is 4.93. The Bertz CT molecular complexity index is 628. The largest absolute Gasteiger partial charge is 0.353 e. The van der Waals surface area contributed by atoms with Gasteiger partial charge in [-0.1, -0.05) is 25.1 Å². The first-order valence-electron chi connectivity index (χ1n) is 6.92. The lowest BCUT2D eigenvalue weighted by molar-refractivity contribution is 0.606. The molecular formula is C14H22N4O2S. The van der Waals surface area contributed by atoms with Gasteiger partial charge in [-0.3, -0.25) is 9.71 Å². The number of guanidine groups is 1. The van der Waals surface area contributed by atoms with Gasteiger partial charge in [0.2, 0.25) is 10.0 Å². The summed E-state index contributed by atoms with van der Waals surface area (Å²) >= 11 is 0. The van der Waals surface area contributed by atoms with Crippen LogP contribution in [0, 0.1) is 5.92 Å². The average Bonchev–Trinajstić information content (AvgIpc) is 3.09. The lowest BCUT2D eigenvalue weighted by atomic mass is 10.2. The molecule has 2 unspecified atom stereocenters. The average molecular weight is 310 g/mol. The first-order chi connectivity index (χ1) is 9.89. The Labute approximate surface area is 126 Å². The van der Waals surface area contributed by atoms with Gasteiger partial charge in [0.05, 0.1) is 11.9 Å². The summed E-state index contributed by atoms with van der Waals surface area (Å²) in [5.41, 5.74) is 1.46. The van der Waals surface area contributed by atoms with Gasteiger partial charge in [-0.25, -0.2) is 8.42 Å². The van der Waals surface area contributed by atoms with Crippen LogP contribution in [0.1, 0.15) is 18.9 Å². The second-order valence-corrected chi connectivity index (χ2v) is 7.17. The Morgan fingerprint density at radius 1 is 1.38 bits per heavy atom. The molecule has 2 atom stereocenters. The van der Waals surface area contributed by atoms with Crippen LogP contribution in [-0.2, 0) is 16.6 Å². The Balaban J connectivity index is 1.99. The molecule has 6 nitrogen and oxygen atoms in total. The fourth-order valence-corrected chi connectivity index (χ4v) is 2.64. The first kappa shape index (κ1) is 15.6. The van der Waals surface area contributed by atoms with Crippen LogP contribution < -0.4 is 15.4 Å². The Kier molecular flexibility index (Phi) is 4.72. The quantitative estimate of drug-likeness (QED) is 0.562. The van der Waals surface area contributed by atoms with Crippen LogP contribution in [0.4, 0.5) is 5.69 Å². The minimum Gasteiger partial charge on any atom is -0.353 e. The van der Waals surface area contributed by atoms with Crippen molar-refractivity contribution >= 4 is 21.7 Å². The molecule has 1 fully saturated rings. The van der Waals surface area contributed by atoms with E-state index in [0.717, 1.165) is 24.2 Å². The molecule has 3 N–H and O–H groups in total. The number of nitrogens with zero attached hydrogens (tertiary/aromatic N) is 1. The maximum absolute atomic E-state index is 11.4. The van der Waals surface area contributed by atoms with E-state index in [9.17, 15) is 8.42 Å². The van der Waals surface area contributed by atoms with Gasteiger partial charge < -0.3 is 10.6 Å². The maximum Gasteiger partial charge on any atom is 0.229 e. The monoisotopic (exact) mass is 310 g/mol. The third-order valence-corrected chi connectivity index (χ3v) is 4.00. The van der Waals surface area contributed by atoms with Crippen LogP contribution in [0.3, 0.4) is 0 Å². The number of sulfonamides is 1. The van der Waals surface area contributed by atoms with Crippen molar-refractivity contribution in [3.8, 4) is 0 Å². The van der Waals surface area contributed by atoms with Crippen molar-refractivity contribution in [1.82, 2.24) is 10.6 Å². The predicted molar refractivity (Wildman–Crippen MR) is 85.8 cm³/mol. The molecule has 0 bridgehead atoms. The van der Waals surface area contributed by atoms with Crippen molar-refractivity contribution in [3.05, 3.63) is 29.8 Å². The fraction of sp³-hybridized carbons (Fsp3) is 0.500. The predicted octanol–water partition coefficient (Wildman–Crippen LogP) is 1.13. The highest BCUT2D eigenvalue weighted by Crippen LogP contribution is 2.28. The summed E-state index contributed by atoms with van der Waals surface area (Å²) in [5.74, 6) is 1.42. The van der Waals surface area contributed by atoms with Gasteiger partial charge in [0, 0.05) is 19.6 Å². The van der Waals surface area contributed by atoms with Gasteiger partial charge in [-0.05, 0) is 24.0 Å². The second-order valence-electron chi connectivity index (χ2n) is 5.42. The number of aliphatic imine (C=N–C) groups is 1. The number of anilines is 1. The third-order valence-electron chi connectivity index (χ3n) is 3.41. The number of nitrogens with one attached hydrogen (secondary N) is 3. The molecule has 1 aromatic rings. The zero-order valence-electron chi connectivity index (χ0n) is 12.6. The maximum atomic E-state index is 11.4. The van der Waals surface area contributed by atoms with Gasteiger partial charge in [-0.2, -0.15) is 0 Å². The smallest absolute Gasteiger partial charge is 0.229 e. The van der Waals surface area contributed by atoms with Crippen LogP contribution in [0.5, 0.6) is 0 Å². The van der Waals surface area contributed by atoms with E-state index in [-0.39, 0.29) is 0 Å². The molecule has 1 saturated carbocycles. The molecule has 0 heterocycles. The highest BCUT2D eigenvalue weighted by molar-refractivity contribution is 7.92. The number of para-hydroxylation sites is 1. The molecule has 21 heavy (non-hydrogen) atoms. The highest BCUT2D eigenvalue weighted by atomic mass is 32.2. The van der Waals surface area contributed by atoms with Crippen LogP contribution in [0.25, 0.3) is 0 Å². The number of benzene rings is 1. The summed E-state index contributed by atoms with van der Waals surface area (Å²) in [5, 5.41) is 6.54. The van der Waals surface area contributed by atoms with E-state index in [2.05, 4.69) is 27.3 Å². The minimum absolute atomic E-state index is 0.487. The Morgan fingerprint density at radius 2 is 2.05 bits per heavy atom. The van der Waals surface area contributed by atoms with Gasteiger partial charge >= 0.3 is 0 Å². The summed E-state index contributed by atoms with van der Waals surface area (Å²) in [7, 11) is -1.56. The lowest BCUT2D eigenvalue weighted by Crippen LogP contribution is -2.38. The normalized spacial score (nSPS) is 21.8. The molecule has 0 spiro atoms. The molecule has 0 amide bonds. The van der Waals surface area contributed by atoms with Crippen molar-refractivity contribution in [2.75, 3.05) is 18.0 Å². The fourth-order valence-electron chi connectivity index (χ4n) is 2.05. The number of rotatable bonds is 5. The lowest BCUT2D eigenvalue weighted by Gasteiger charge is -2.14. The van der Waals surface area contributed by atoms with Gasteiger partial charge in [0.1, 0.15) is 0 Å². The topological polar surface area (TPSA) is 82.6 Å². The SMILES string of the molecule is CN=C(NCc1ccccc1NS(C)(=O)=O)NC1CC1C. The molecule has 0 aromatic heterocycles. The Hall–Kier alpha value is -1.76. The van der Waals surface area contributed by atoms with E-state index >= 15 is 0 Å².